The largest absolute Gasteiger partial charge is 0.490 e. The van der Waals surface area contributed by atoms with E-state index in [1.54, 1.807) is 12.3 Å². The van der Waals surface area contributed by atoms with Crippen LogP contribution in [0.5, 0.6) is 5.75 Å². The molecule has 3 aromatic rings. The number of aromatic nitrogens is 2. The van der Waals surface area contributed by atoms with Crippen LogP contribution in [-0.4, -0.2) is 54.1 Å². The quantitative estimate of drug-likeness (QED) is 0.526. The van der Waals surface area contributed by atoms with Gasteiger partial charge in [0.2, 0.25) is 11.9 Å². The summed E-state index contributed by atoms with van der Waals surface area (Å²) in [4.78, 5) is 23.3. The third kappa shape index (κ3) is 5.22. The SMILES string of the molecule is CN(C)CCOc1cc(-c2ccnc(N)n2)ccc1NC(=O)[C@@H]1Cc2ccccc2CN1. The number of anilines is 2. The number of nitrogens with two attached hydrogens (primary N) is 1. The molecule has 1 amide bonds. The number of amides is 1. The van der Waals surface area contributed by atoms with Gasteiger partial charge in [-0.15, -0.1) is 0 Å². The molecule has 0 spiro atoms. The molecule has 0 saturated carbocycles. The molecule has 166 valence electrons. The number of hydrogen-bond donors (Lipinski definition) is 3. The molecule has 8 heteroatoms. The molecule has 0 radical (unpaired) electrons. The van der Waals surface area contributed by atoms with Crippen LogP contribution in [0.4, 0.5) is 11.6 Å². The molecule has 0 aliphatic carbocycles. The van der Waals surface area contributed by atoms with Gasteiger partial charge in [0.05, 0.1) is 17.4 Å². The van der Waals surface area contributed by atoms with Gasteiger partial charge in [-0.25, -0.2) is 9.97 Å². The van der Waals surface area contributed by atoms with Crippen molar-refractivity contribution in [2.45, 2.75) is 19.0 Å². The molecule has 0 saturated heterocycles. The molecule has 1 aromatic heterocycles. The first kappa shape index (κ1) is 21.7. The summed E-state index contributed by atoms with van der Waals surface area (Å²) >= 11 is 0. The van der Waals surface area contributed by atoms with Gasteiger partial charge in [-0.3, -0.25) is 4.79 Å². The molecule has 4 N–H and O–H groups in total. The number of nitrogen functional groups attached to an aromatic ring is 1. The molecule has 0 bridgehead atoms. The molecule has 4 rings (SSSR count). The van der Waals surface area contributed by atoms with E-state index in [1.165, 1.54) is 11.1 Å². The zero-order valence-corrected chi connectivity index (χ0v) is 18.3. The van der Waals surface area contributed by atoms with Crippen LogP contribution in [0, 0.1) is 0 Å². The van der Waals surface area contributed by atoms with E-state index in [1.807, 2.05) is 49.3 Å². The Balaban J connectivity index is 1.54. The summed E-state index contributed by atoms with van der Waals surface area (Å²) < 4.78 is 6.03. The van der Waals surface area contributed by atoms with Crippen LogP contribution in [0.25, 0.3) is 11.3 Å². The van der Waals surface area contributed by atoms with Gasteiger partial charge in [-0.1, -0.05) is 30.3 Å². The maximum Gasteiger partial charge on any atom is 0.241 e. The van der Waals surface area contributed by atoms with Crippen LogP contribution in [0.15, 0.2) is 54.7 Å². The summed E-state index contributed by atoms with van der Waals surface area (Å²) in [7, 11) is 3.97. The fourth-order valence-corrected chi connectivity index (χ4v) is 3.64. The molecule has 0 unspecified atom stereocenters. The highest BCUT2D eigenvalue weighted by atomic mass is 16.5. The Morgan fingerprint density at radius 3 is 2.81 bits per heavy atom. The van der Waals surface area contributed by atoms with Gasteiger partial charge in [0, 0.05) is 24.8 Å². The topological polar surface area (TPSA) is 105 Å². The molecule has 1 aliphatic heterocycles. The number of nitrogens with zero attached hydrogens (tertiary/aromatic N) is 3. The number of fused-ring (bicyclic) bond motifs is 1. The molecule has 1 aliphatic rings. The normalized spacial score (nSPS) is 15.3. The predicted molar refractivity (Wildman–Crippen MR) is 125 cm³/mol. The van der Waals surface area contributed by atoms with Crippen LogP contribution < -0.4 is 21.1 Å². The Labute approximate surface area is 187 Å². The second-order valence-corrected chi connectivity index (χ2v) is 8.06. The van der Waals surface area contributed by atoms with Gasteiger partial charge in [0.15, 0.2) is 0 Å². The minimum absolute atomic E-state index is 0.0870. The van der Waals surface area contributed by atoms with Gasteiger partial charge in [0.1, 0.15) is 12.4 Å². The van der Waals surface area contributed by atoms with E-state index in [0.29, 0.717) is 36.7 Å². The third-order valence-corrected chi connectivity index (χ3v) is 5.40. The van der Waals surface area contributed by atoms with E-state index in [4.69, 9.17) is 10.5 Å². The number of hydrogen-bond acceptors (Lipinski definition) is 7. The average molecular weight is 433 g/mol. The van der Waals surface area contributed by atoms with Crippen molar-refractivity contribution in [1.29, 1.82) is 0 Å². The first-order valence-electron chi connectivity index (χ1n) is 10.6. The number of benzene rings is 2. The molecule has 1 atom stereocenters. The maximum atomic E-state index is 13.0. The summed E-state index contributed by atoms with van der Waals surface area (Å²) in [6, 6.07) is 15.3. The smallest absolute Gasteiger partial charge is 0.241 e. The van der Waals surface area contributed by atoms with E-state index in [-0.39, 0.29) is 17.9 Å². The number of ether oxygens (including phenoxy) is 1. The lowest BCUT2D eigenvalue weighted by atomic mass is 9.95. The average Bonchev–Trinajstić information content (AvgIpc) is 2.79. The van der Waals surface area contributed by atoms with Crippen LogP contribution in [0.3, 0.4) is 0 Å². The minimum Gasteiger partial charge on any atom is -0.490 e. The van der Waals surface area contributed by atoms with Crippen LogP contribution in [0.2, 0.25) is 0 Å². The standard InChI is InChI=1S/C24H28N6O2/c1-30(2)11-12-32-22-14-17(19-9-10-26-24(25)29-19)7-8-20(22)28-23(31)21-13-16-5-3-4-6-18(16)15-27-21/h3-10,14,21,27H,11-13,15H2,1-2H3,(H,28,31)(H2,25,26,29)/t21-/m0/s1. The van der Waals surface area contributed by atoms with E-state index in [9.17, 15) is 4.79 Å². The highest BCUT2D eigenvalue weighted by molar-refractivity contribution is 5.96. The molecule has 32 heavy (non-hydrogen) atoms. The predicted octanol–water partition coefficient (Wildman–Crippen LogP) is 2.32. The van der Waals surface area contributed by atoms with Crippen molar-refractivity contribution in [3.63, 3.8) is 0 Å². The molecule has 2 aromatic carbocycles. The zero-order chi connectivity index (χ0) is 22.5. The summed E-state index contributed by atoms with van der Waals surface area (Å²) in [5.74, 6) is 0.709. The number of carbonyl (C=O) groups is 1. The van der Waals surface area contributed by atoms with Gasteiger partial charge >= 0.3 is 0 Å². The number of likely N-dealkylation sites (N-methyl/N-ethyl adjacent to an activating group) is 1. The fourth-order valence-electron chi connectivity index (χ4n) is 3.64. The van der Waals surface area contributed by atoms with E-state index in [0.717, 1.165) is 12.1 Å². The van der Waals surface area contributed by atoms with Crippen molar-refractivity contribution >= 4 is 17.5 Å². The highest BCUT2D eigenvalue weighted by Gasteiger charge is 2.24. The highest BCUT2D eigenvalue weighted by Crippen LogP contribution is 2.31. The minimum atomic E-state index is -0.305. The summed E-state index contributed by atoms with van der Waals surface area (Å²) in [5, 5.41) is 6.37. The van der Waals surface area contributed by atoms with Crippen LogP contribution >= 0.6 is 0 Å². The lowest BCUT2D eigenvalue weighted by molar-refractivity contribution is -0.118. The zero-order valence-electron chi connectivity index (χ0n) is 18.3. The molecular weight excluding hydrogens is 404 g/mol. The second kappa shape index (κ2) is 9.76. The summed E-state index contributed by atoms with van der Waals surface area (Å²) in [6.07, 6.45) is 2.27. The third-order valence-electron chi connectivity index (χ3n) is 5.40. The number of nitrogens with one attached hydrogen (secondary N) is 2. The fraction of sp³-hybridized carbons (Fsp3) is 0.292. The molecule has 2 heterocycles. The monoisotopic (exact) mass is 432 g/mol. The second-order valence-electron chi connectivity index (χ2n) is 8.06. The first-order chi connectivity index (χ1) is 15.5. The number of carbonyl (C=O) groups excluding carboxylic acids is 1. The van der Waals surface area contributed by atoms with Crippen molar-refractivity contribution in [2.75, 3.05) is 38.3 Å². The number of rotatable bonds is 7. The molecule has 8 nitrogen and oxygen atoms in total. The van der Waals surface area contributed by atoms with Gasteiger partial charge in [0.25, 0.3) is 0 Å². The van der Waals surface area contributed by atoms with Crippen molar-refractivity contribution < 1.29 is 9.53 Å². The Hall–Kier alpha value is -3.49. The van der Waals surface area contributed by atoms with E-state index >= 15 is 0 Å². The van der Waals surface area contributed by atoms with E-state index in [2.05, 4.69) is 32.7 Å². The molecule has 0 fully saturated rings. The van der Waals surface area contributed by atoms with Crippen LogP contribution in [-0.2, 0) is 17.8 Å². The summed E-state index contributed by atoms with van der Waals surface area (Å²) in [6.45, 7) is 1.91. The Morgan fingerprint density at radius 1 is 1.22 bits per heavy atom. The van der Waals surface area contributed by atoms with Gasteiger partial charge < -0.3 is 26.0 Å². The lowest BCUT2D eigenvalue weighted by Crippen LogP contribution is -2.44. The van der Waals surface area contributed by atoms with Crippen molar-refractivity contribution in [2.24, 2.45) is 0 Å². The van der Waals surface area contributed by atoms with Gasteiger partial charge in [-0.2, -0.15) is 0 Å². The van der Waals surface area contributed by atoms with Crippen molar-refractivity contribution in [3.8, 4) is 17.0 Å². The lowest BCUT2D eigenvalue weighted by Gasteiger charge is -2.25. The van der Waals surface area contributed by atoms with Gasteiger partial charge in [-0.05, 0) is 49.8 Å². The first-order valence-corrected chi connectivity index (χ1v) is 10.6. The maximum absolute atomic E-state index is 13.0. The Bertz CT molecular complexity index is 1100. The Morgan fingerprint density at radius 2 is 2.03 bits per heavy atom. The van der Waals surface area contributed by atoms with Crippen LogP contribution in [0.1, 0.15) is 11.1 Å². The van der Waals surface area contributed by atoms with Crippen molar-refractivity contribution in [1.82, 2.24) is 20.2 Å². The summed E-state index contributed by atoms with van der Waals surface area (Å²) in [5.41, 5.74) is 10.3. The molecular formula is C24H28N6O2. The van der Waals surface area contributed by atoms with Crippen molar-refractivity contribution in [3.05, 3.63) is 65.9 Å². The van der Waals surface area contributed by atoms with E-state index < -0.39 is 0 Å². The Kier molecular flexibility index (Phi) is 6.63.